The predicted octanol–water partition coefficient (Wildman–Crippen LogP) is -0.354. The third-order valence-electron chi connectivity index (χ3n) is 2.93. The summed E-state index contributed by atoms with van der Waals surface area (Å²) in [6.45, 7) is 0. The minimum Gasteiger partial charge on any atom is -0.284 e. The van der Waals surface area contributed by atoms with Crippen molar-refractivity contribution in [2.45, 2.75) is 23.9 Å². The Morgan fingerprint density at radius 1 is 1.45 bits per heavy atom. The number of pyridine rings is 1. The zero-order valence-electron chi connectivity index (χ0n) is 10.5. The van der Waals surface area contributed by atoms with E-state index in [2.05, 4.69) is 9.71 Å². The van der Waals surface area contributed by atoms with Gasteiger partial charge in [-0.05, 0) is 18.6 Å². The van der Waals surface area contributed by atoms with E-state index in [1.165, 1.54) is 13.1 Å². The highest BCUT2D eigenvalue weighted by Gasteiger charge is 2.35. The Morgan fingerprint density at radius 3 is 2.80 bits per heavy atom. The van der Waals surface area contributed by atoms with Crippen molar-refractivity contribution in [3.8, 4) is 0 Å². The van der Waals surface area contributed by atoms with Gasteiger partial charge in [0.05, 0.1) is 0 Å². The standard InChI is InChI=1S/C11H12FN3O4S/c1-15-9(16)5-4-8(11(15)17)14-20(18,19)10-7(12)3-2-6-13-10/h2-3,6,8,14H,4-5H2,1H3. The quantitative estimate of drug-likeness (QED) is 0.770. The Bertz CT molecular complexity index is 661. The van der Waals surface area contributed by atoms with Gasteiger partial charge in [-0.25, -0.2) is 17.8 Å². The predicted molar refractivity (Wildman–Crippen MR) is 65.3 cm³/mol. The smallest absolute Gasteiger partial charge is 0.261 e. The van der Waals surface area contributed by atoms with Crippen molar-refractivity contribution in [1.29, 1.82) is 0 Å². The first-order valence-electron chi connectivity index (χ1n) is 5.76. The first-order chi connectivity index (χ1) is 9.33. The molecule has 2 amide bonds. The van der Waals surface area contributed by atoms with Gasteiger partial charge in [0.2, 0.25) is 16.8 Å². The highest BCUT2D eigenvalue weighted by Crippen LogP contribution is 2.16. The van der Waals surface area contributed by atoms with Crippen LogP contribution in [0.15, 0.2) is 23.4 Å². The van der Waals surface area contributed by atoms with Crippen LogP contribution < -0.4 is 4.72 Å². The van der Waals surface area contributed by atoms with E-state index < -0.39 is 32.8 Å². The molecule has 1 aliphatic rings. The van der Waals surface area contributed by atoms with Gasteiger partial charge in [0.25, 0.3) is 10.0 Å². The lowest BCUT2D eigenvalue weighted by molar-refractivity contribution is -0.147. The SMILES string of the molecule is CN1C(=O)CCC(NS(=O)(=O)c2ncccc2F)C1=O. The second kappa shape index (κ2) is 5.25. The molecule has 2 heterocycles. The van der Waals surface area contributed by atoms with E-state index in [1.807, 2.05) is 0 Å². The van der Waals surface area contributed by atoms with Crippen molar-refractivity contribution in [3.63, 3.8) is 0 Å². The number of halogens is 1. The largest absolute Gasteiger partial charge is 0.284 e. The molecule has 1 saturated heterocycles. The lowest BCUT2D eigenvalue weighted by Gasteiger charge is -2.27. The van der Waals surface area contributed by atoms with Gasteiger partial charge < -0.3 is 0 Å². The molecule has 1 fully saturated rings. The minimum atomic E-state index is -4.26. The zero-order valence-corrected chi connectivity index (χ0v) is 11.4. The van der Waals surface area contributed by atoms with E-state index in [1.54, 1.807) is 0 Å². The lowest BCUT2D eigenvalue weighted by Crippen LogP contribution is -2.52. The third-order valence-corrected chi connectivity index (χ3v) is 4.33. The van der Waals surface area contributed by atoms with Gasteiger partial charge in [-0.1, -0.05) is 0 Å². The lowest BCUT2D eigenvalue weighted by atomic mass is 10.1. The summed E-state index contributed by atoms with van der Waals surface area (Å²) in [7, 11) is -2.99. The number of likely N-dealkylation sites (tertiary alicyclic amines) is 1. The van der Waals surface area contributed by atoms with Crippen LogP contribution >= 0.6 is 0 Å². The molecule has 1 N–H and O–H groups in total. The number of sulfonamides is 1. The summed E-state index contributed by atoms with van der Waals surface area (Å²) in [4.78, 5) is 27.4. The van der Waals surface area contributed by atoms with Gasteiger partial charge in [-0.2, -0.15) is 4.72 Å². The van der Waals surface area contributed by atoms with Crippen LogP contribution in [-0.4, -0.2) is 43.2 Å². The maximum atomic E-state index is 13.4. The third kappa shape index (κ3) is 2.68. The Hall–Kier alpha value is -1.87. The Labute approximate surface area is 114 Å². The number of carbonyl (C=O) groups is 2. The summed E-state index contributed by atoms with van der Waals surface area (Å²) in [5.74, 6) is -2.05. The molecule has 108 valence electrons. The Kier molecular flexibility index (Phi) is 3.82. The van der Waals surface area contributed by atoms with Crippen molar-refractivity contribution < 1.29 is 22.4 Å². The fraction of sp³-hybridized carbons (Fsp3) is 0.364. The van der Waals surface area contributed by atoms with E-state index in [-0.39, 0.29) is 18.7 Å². The van der Waals surface area contributed by atoms with Gasteiger partial charge in [0.1, 0.15) is 6.04 Å². The van der Waals surface area contributed by atoms with Gasteiger partial charge in [0.15, 0.2) is 5.82 Å². The molecule has 0 bridgehead atoms. The molecule has 2 rings (SSSR count). The summed E-state index contributed by atoms with van der Waals surface area (Å²) in [6.07, 6.45) is 1.21. The second-order valence-corrected chi connectivity index (χ2v) is 5.92. The number of amides is 2. The van der Waals surface area contributed by atoms with Crippen LogP contribution in [0.5, 0.6) is 0 Å². The number of nitrogens with zero attached hydrogens (tertiary/aromatic N) is 2. The van der Waals surface area contributed by atoms with Crippen LogP contribution in [0.2, 0.25) is 0 Å². The van der Waals surface area contributed by atoms with Gasteiger partial charge in [-0.15, -0.1) is 0 Å². The van der Waals surface area contributed by atoms with E-state index >= 15 is 0 Å². The van der Waals surface area contributed by atoms with Crippen molar-refractivity contribution in [2.24, 2.45) is 0 Å². The molecule has 1 unspecified atom stereocenters. The highest BCUT2D eigenvalue weighted by molar-refractivity contribution is 7.89. The molecule has 7 nitrogen and oxygen atoms in total. The number of hydrogen-bond acceptors (Lipinski definition) is 5. The summed E-state index contributed by atoms with van der Waals surface area (Å²) in [5, 5.41) is -0.771. The van der Waals surface area contributed by atoms with Crippen LogP contribution in [0, 0.1) is 5.82 Å². The first kappa shape index (κ1) is 14.5. The molecule has 1 atom stereocenters. The minimum absolute atomic E-state index is 0.0374. The zero-order chi connectivity index (χ0) is 14.9. The average molecular weight is 301 g/mol. The topological polar surface area (TPSA) is 96.4 Å². The number of carbonyl (C=O) groups excluding carboxylic acids is 2. The molecular formula is C11H12FN3O4S. The van der Waals surface area contributed by atoms with E-state index in [9.17, 15) is 22.4 Å². The Balaban J connectivity index is 2.24. The van der Waals surface area contributed by atoms with Gasteiger partial charge in [-0.3, -0.25) is 14.5 Å². The number of piperidine rings is 1. The van der Waals surface area contributed by atoms with Crippen molar-refractivity contribution in [2.75, 3.05) is 7.05 Å². The van der Waals surface area contributed by atoms with Crippen LogP contribution in [0.4, 0.5) is 4.39 Å². The molecule has 1 aliphatic heterocycles. The molecular weight excluding hydrogens is 289 g/mol. The van der Waals surface area contributed by atoms with E-state index in [0.29, 0.717) is 0 Å². The van der Waals surface area contributed by atoms with E-state index in [0.717, 1.165) is 17.2 Å². The van der Waals surface area contributed by atoms with Crippen LogP contribution in [0.1, 0.15) is 12.8 Å². The maximum absolute atomic E-state index is 13.4. The molecule has 0 aliphatic carbocycles. The van der Waals surface area contributed by atoms with Crippen LogP contribution in [0.25, 0.3) is 0 Å². The number of nitrogens with one attached hydrogen (secondary N) is 1. The summed E-state index contributed by atoms with van der Waals surface area (Å²) < 4.78 is 39.5. The second-order valence-electron chi connectivity index (χ2n) is 4.29. The van der Waals surface area contributed by atoms with E-state index in [4.69, 9.17) is 0 Å². The van der Waals surface area contributed by atoms with Crippen molar-refractivity contribution in [1.82, 2.24) is 14.6 Å². The molecule has 1 aromatic rings. The van der Waals surface area contributed by atoms with Crippen molar-refractivity contribution in [3.05, 3.63) is 24.1 Å². The normalized spacial score (nSPS) is 20.3. The molecule has 1 aromatic heterocycles. The average Bonchev–Trinajstić information content (AvgIpc) is 2.40. The molecule has 0 saturated carbocycles. The number of rotatable bonds is 3. The first-order valence-corrected chi connectivity index (χ1v) is 7.24. The summed E-state index contributed by atoms with van der Waals surface area (Å²) in [5.41, 5.74) is 0. The summed E-state index contributed by atoms with van der Waals surface area (Å²) >= 11 is 0. The van der Waals surface area contributed by atoms with Gasteiger partial charge in [0, 0.05) is 19.7 Å². The molecule has 0 aromatic carbocycles. The van der Waals surface area contributed by atoms with Gasteiger partial charge >= 0.3 is 0 Å². The fourth-order valence-electron chi connectivity index (χ4n) is 1.84. The number of hydrogen-bond donors (Lipinski definition) is 1. The van der Waals surface area contributed by atoms with Crippen LogP contribution in [0.3, 0.4) is 0 Å². The molecule has 0 radical (unpaired) electrons. The summed E-state index contributed by atoms with van der Waals surface area (Å²) in [6, 6.07) is 1.12. The highest BCUT2D eigenvalue weighted by atomic mass is 32.2. The fourth-order valence-corrected chi connectivity index (χ4v) is 3.07. The number of imide groups is 1. The number of likely N-dealkylation sites (N-methyl/N-ethyl adjacent to an activating group) is 1. The molecule has 20 heavy (non-hydrogen) atoms. The van der Waals surface area contributed by atoms with Crippen LogP contribution in [-0.2, 0) is 19.6 Å². The Morgan fingerprint density at radius 2 is 2.15 bits per heavy atom. The van der Waals surface area contributed by atoms with Crippen molar-refractivity contribution >= 4 is 21.8 Å². The monoisotopic (exact) mass is 301 g/mol. The number of aromatic nitrogens is 1. The molecule has 0 spiro atoms. The molecule has 9 heteroatoms. The maximum Gasteiger partial charge on any atom is 0.261 e.